The van der Waals surface area contributed by atoms with Crippen molar-refractivity contribution in [3.63, 3.8) is 0 Å². The van der Waals surface area contributed by atoms with E-state index in [1.807, 2.05) is 12.2 Å². The normalized spacial score (nSPS) is 45.3. The van der Waals surface area contributed by atoms with Crippen LogP contribution in [0.2, 0.25) is 0 Å². The summed E-state index contributed by atoms with van der Waals surface area (Å²) < 4.78 is 0. The first kappa shape index (κ1) is 24.1. The highest BCUT2D eigenvalue weighted by Crippen LogP contribution is 2.59. The lowest BCUT2D eigenvalue weighted by molar-refractivity contribution is -0.118. The summed E-state index contributed by atoms with van der Waals surface area (Å²) in [4.78, 5) is 37.6. The molecule has 5 rings (SSSR count). The van der Waals surface area contributed by atoms with Crippen molar-refractivity contribution < 1.29 is 19.5 Å². The van der Waals surface area contributed by atoms with Crippen molar-refractivity contribution in [3.8, 4) is 0 Å². The monoisotopic (exact) mass is 478 g/mol. The van der Waals surface area contributed by atoms with Crippen molar-refractivity contribution in [3.05, 3.63) is 47.8 Å². The molecule has 3 aliphatic carbocycles. The molecule has 9 atom stereocenters. The molecule has 2 bridgehead atoms. The zero-order chi connectivity index (χ0) is 24.7. The Hall–Kier alpha value is -2.63. The van der Waals surface area contributed by atoms with Gasteiger partial charge in [-0.2, -0.15) is 0 Å². The third-order valence-electron chi connectivity index (χ3n) is 9.52. The molecule has 6 nitrogen and oxygen atoms in total. The highest BCUT2D eigenvalue weighted by molar-refractivity contribution is 6.27. The fourth-order valence-electron chi connectivity index (χ4n) is 7.92. The Morgan fingerprint density at radius 1 is 1.00 bits per heavy atom. The first-order valence-electron chi connectivity index (χ1n) is 13.5. The minimum absolute atomic E-state index is 0.117. The molecule has 188 valence electrons. The number of hydrogen-bond donors (Lipinski definition) is 3. The number of ketones is 1. The molecular weight excluding hydrogens is 440 g/mol. The number of carbonyl (C=O) groups excluding carboxylic acids is 3. The summed E-state index contributed by atoms with van der Waals surface area (Å²) in [6.07, 6.45) is 17.4. The summed E-state index contributed by atoms with van der Waals surface area (Å²) in [7, 11) is 0. The van der Waals surface area contributed by atoms with Gasteiger partial charge in [-0.05, 0) is 91.6 Å². The first-order chi connectivity index (χ1) is 16.9. The van der Waals surface area contributed by atoms with Gasteiger partial charge in [-0.15, -0.1) is 0 Å². The van der Waals surface area contributed by atoms with Gasteiger partial charge in [-0.3, -0.25) is 14.4 Å². The van der Waals surface area contributed by atoms with E-state index in [1.54, 1.807) is 12.2 Å². The Morgan fingerprint density at radius 3 is 2.57 bits per heavy atom. The number of aliphatic hydroxyl groups excluding tert-OH is 1. The third kappa shape index (κ3) is 4.41. The van der Waals surface area contributed by atoms with Crippen molar-refractivity contribution in [1.82, 2.24) is 10.6 Å². The van der Waals surface area contributed by atoms with E-state index in [4.69, 9.17) is 0 Å². The topological polar surface area (TPSA) is 95.5 Å². The van der Waals surface area contributed by atoms with E-state index >= 15 is 0 Å². The van der Waals surface area contributed by atoms with Crippen LogP contribution in [0.3, 0.4) is 0 Å². The van der Waals surface area contributed by atoms with Crippen LogP contribution >= 0.6 is 0 Å². The molecule has 1 saturated heterocycles. The summed E-state index contributed by atoms with van der Waals surface area (Å²) in [5.41, 5.74) is -0.135. The van der Waals surface area contributed by atoms with Gasteiger partial charge in [0.1, 0.15) is 11.3 Å². The van der Waals surface area contributed by atoms with Gasteiger partial charge in [0.2, 0.25) is 5.91 Å². The molecule has 2 saturated carbocycles. The number of Topliss-reactive ketones (excluding diaryl/α,β-unsaturated/α-hetero) is 1. The van der Waals surface area contributed by atoms with Crippen LogP contribution in [-0.2, 0) is 14.4 Å². The van der Waals surface area contributed by atoms with Crippen LogP contribution in [0.4, 0.5) is 0 Å². The van der Waals surface area contributed by atoms with Crippen molar-refractivity contribution in [1.29, 1.82) is 0 Å². The van der Waals surface area contributed by atoms with Gasteiger partial charge in [-0.25, -0.2) is 0 Å². The summed E-state index contributed by atoms with van der Waals surface area (Å²) >= 11 is 0. The molecule has 5 aliphatic rings. The van der Waals surface area contributed by atoms with Crippen LogP contribution in [0.1, 0.15) is 52.4 Å². The lowest BCUT2D eigenvalue weighted by Gasteiger charge is -2.35. The molecule has 0 spiro atoms. The Morgan fingerprint density at radius 2 is 1.77 bits per heavy atom. The minimum atomic E-state index is -0.645. The number of aliphatic hydroxyl groups is 1. The molecule has 2 heterocycles. The Labute approximate surface area is 208 Å². The highest BCUT2D eigenvalue weighted by atomic mass is 16.3. The lowest BCUT2D eigenvalue weighted by Crippen LogP contribution is -2.31. The van der Waals surface area contributed by atoms with Crippen LogP contribution in [0.25, 0.3) is 0 Å². The maximum absolute atomic E-state index is 12.8. The molecular formula is C29H38N2O4. The quantitative estimate of drug-likeness (QED) is 0.392. The van der Waals surface area contributed by atoms with Gasteiger partial charge < -0.3 is 15.7 Å². The molecule has 2 amide bonds. The molecule has 0 aromatic rings. The second kappa shape index (κ2) is 9.79. The SMILES string of the molecule is CC[C@@H]1[C@H]2C=C[C@@H]3[C@@H](C[C@@H]4/C=C/C(O)=C5/C(=O)NC(CCCNC(=O)/C=C\C[C@@H]34)C5=O)[C@@H]2C[C@@H]1C. The van der Waals surface area contributed by atoms with Crippen molar-refractivity contribution in [2.45, 2.75) is 58.4 Å². The zero-order valence-corrected chi connectivity index (χ0v) is 20.8. The summed E-state index contributed by atoms with van der Waals surface area (Å²) in [5.74, 6) is 3.16. The highest BCUT2D eigenvalue weighted by Gasteiger charge is 2.52. The smallest absolute Gasteiger partial charge is 0.259 e. The van der Waals surface area contributed by atoms with Gasteiger partial charge in [0.05, 0.1) is 6.04 Å². The van der Waals surface area contributed by atoms with Gasteiger partial charge in [-0.1, -0.05) is 44.6 Å². The van der Waals surface area contributed by atoms with Crippen LogP contribution in [-0.4, -0.2) is 35.3 Å². The van der Waals surface area contributed by atoms with Gasteiger partial charge in [0, 0.05) is 6.54 Å². The molecule has 3 fully saturated rings. The summed E-state index contributed by atoms with van der Waals surface area (Å²) in [5, 5.41) is 16.3. The van der Waals surface area contributed by atoms with Crippen molar-refractivity contribution in [2.75, 3.05) is 6.54 Å². The lowest BCUT2D eigenvalue weighted by atomic mass is 9.69. The van der Waals surface area contributed by atoms with Gasteiger partial charge in [0.25, 0.3) is 5.91 Å². The summed E-state index contributed by atoms with van der Waals surface area (Å²) in [6.45, 7) is 5.14. The van der Waals surface area contributed by atoms with Gasteiger partial charge >= 0.3 is 0 Å². The fraction of sp³-hybridized carbons (Fsp3) is 0.621. The maximum Gasteiger partial charge on any atom is 0.259 e. The summed E-state index contributed by atoms with van der Waals surface area (Å²) in [6, 6.07) is -0.645. The average Bonchev–Trinajstić information content (AvgIpc) is 3.44. The molecule has 2 aliphatic heterocycles. The van der Waals surface area contributed by atoms with E-state index in [0.29, 0.717) is 49.0 Å². The fourth-order valence-corrected chi connectivity index (χ4v) is 7.92. The van der Waals surface area contributed by atoms with Gasteiger partial charge in [0.15, 0.2) is 5.78 Å². The molecule has 0 aromatic carbocycles. The van der Waals surface area contributed by atoms with Crippen LogP contribution in [0, 0.1) is 47.3 Å². The number of fused-ring (bicyclic) bond motifs is 7. The second-order valence-corrected chi connectivity index (χ2v) is 11.3. The number of carbonyl (C=O) groups is 3. The number of nitrogens with one attached hydrogen (secondary N) is 2. The Balaban J connectivity index is 1.46. The largest absolute Gasteiger partial charge is 0.507 e. The van der Waals surface area contributed by atoms with E-state index in [2.05, 4.69) is 36.6 Å². The Kier molecular flexibility index (Phi) is 6.73. The molecule has 6 heteroatoms. The zero-order valence-electron chi connectivity index (χ0n) is 20.8. The third-order valence-corrected chi connectivity index (χ3v) is 9.52. The average molecular weight is 479 g/mol. The molecule has 1 unspecified atom stereocenters. The Bertz CT molecular complexity index is 1010. The standard InChI is InChI=1S/C29H38N2O4/c1-3-18-16(2)14-22-20(18)10-11-21-19-6-4-8-26(33)30-13-5-7-24-28(34)27(29(35)31-24)25(32)12-9-17(19)15-23(21)22/h4,8-12,16-24,32H,3,5-7,13-15H2,1-2H3,(H,30,33)(H,31,35)/b8-4-,12-9+,27-25-/t16-,17-,18-,19+,20+,21-,22+,23+,24?/m0/s1. The van der Waals surface area contributed by atoms with E-state index in [-0.39, 0.29) is 28.9 Å². The number of hydrogen-bond acceptors (Lipinski definition) is 4. The van der Waals surface area contributed by atoms with E-state index < -0.39 is 11.9 Å². The van der Waals surface area contributed by atoms with Crippen LogP contribution < -0.4 is 10.6 Å². The second-order valence-electron chi connectivity index (χ2n) is 11.3. The van der Waals surface area contributed by atoms with E-state index in [9.17, 15) is 19.5 Å². The predicted molar refractivity (Wildman–Crippen MR) is 134 cm³/mol. The van der Waals surface area contributed by atoms with Crippen LogP contribution in [0.15, 0.2) is 47.8 Å². The maximum atomic E-state index is 12.8. The molecule has 35 heavy (non-hydrogen) atoms. The molecule has 3 N–H and O–H groups in total. The minimum Gasteiger partial charge on any atom is -0.507 e. The molecule has 0 radical (unpaired) electrons. The van der Waals surface area contributed by atoms with E-state index in [0.717, 1.165) is 24.7 Å². The predicted octanol–water partition coefficient (Wildman–Crippen LogP) is 4.02. The van der Waals surface area contributed by atoms with Crippen molar-refractivity contribution >= 4 is 17.6 Å². The van der Waals surface area contributed by atoms with Crippen LogP contribution in [0.5, 0.6) is 0 Å². The number of rotatable bonds is 1. The molecule has 0 aromatic heterocycles. The van der Waals surface area contributed by atoms with Crippen molar-refractivity contribution in [2.24, 2.45) is 47.3 Å². The number of allylic oxidation sites excluding steroid dienone is 5. The van der Waals surface area contributed by atoms with E-state index in [1.165, 1.54) is 12.8 Å². The first-order valence-corrected chi connectivity index (χ1v) is 13.5. The number of amides is 2.